The van der Waals surface area contributed by atoms with Crippen molar-refractivity contribution < 1.29 is 9.53 Å². The number of carbonyl (C=O) groups is 1. The monoisotopic (exact) mass is 376 g/mol. The molecule has 2 heterocycles. The molecule has 0 saturated carbocycles. The van der Waals surface area contributed by atoms with Crippen LogP contribution in [0.5, 0.6) is 0 Å². The number of aromatic nitrogens is 2. The van der Waals surface area contributed by atoms with E-state index in [9.17, 15) is 9.59 Å². The first-order valence-corrected chi connectivity index (χ1v) is 9.24. The third kappa shape index (κ3) is 3.91. The first-order chi connectivity index (χ1) is 12.1. The Balaban J connectivity index is 1.93. The number of fused-ring (bicyclic) bond motifs is 1. The summed E-state index contributed by atoms with van der Waals surface area (Å²) in [5, 5.41) is 2.60. The lowest BCUT2D eigenvalue weighted by Gasteiger charge is -2.07. The van der Waals surface area contributed by atoms with Crippen LogP contribution >= 0.6 is 22.9 Å². The molecule has 2 aromatic heterocycles. The number of thiophene rings is 1. The van der Waals surface area contributed by atoms with Gasteiger partial charge in [0.2, 0.25) is 0 Å². The Morgan fingerprint density at radius 3 is 2.80 bits per heavy atom. The largest absolute Gasteiger partial charge is 0.462 e. The number of ether oxygens (including phenoxy) is 1. The van der Waals surface area contributed by atoms with Crippen LogP contribution in [0.3, 0.4) is 0 Å². The zero-order chi connectivity index (χ0) is 17.8. The predicted molar refractivity (Wildman–Crippen MR) is 99.6 cm³/mol. The van der Waals surface area contributed by atoms with E-state index in [0.29, 0.717) is 34.0 Å². The number of hydrogen-bond acceptors (Lipinski definition) is 5. The molecule has 0 N–H and O–H groups in total. The van der Waals surface area contributed by atoms with E-state index in [2.05, 4.69) is 4.98 Å². The number of esters is 1. The van der Waals surface area contributed by atoms with Crippen molar-refractivity contribution in [3.8, 4) is 0 Å². The van der Waals surface area contributed by atoms with Gasteiger partial charge in [0.15, 0.2) is 0 Å². The minimum atomic E-state index is -0.470. The molecule has 0 unspecified atom stereocenters. The summed E-state index contributed by atoms with van der Waals surface area (Å²) in [7, 11) is 0. The summed E-state index contributed by atoms with van der Waals surface area (Å²) >= 11 is 7.16. The second-order valence-electron chi connectivity index (χ2n) is 5.62. The number of halogens is 1. The number of rotatable bonds is 6. The lowest BCUT2D eigenvalue weighted by atomic mass is 10.2. The van der Waals surface area contributed by atoms with Gasteiger partial charge in [-0.1, -0.05) is 37.1 Å². The van der Waals surface area contributed by atoms with Gasteiger partial charge in [0, 0.05) is 10.4 Å². The second-order valence-corrected chi connectivity index (χ2v) is 6.92. The van der Waals surface area contributed by atoms with E-state index >= 15 is 0 Å². The number of nitrogens with zero attached hydrogens (tertiary/aromatic N) is 2. The SMILES string of the molecule is CCCCOC(=O)c1csc2ncn(Cc3ccc(Cl)cc3)c(=O)c12. The molecular formula is C18H17ClN2O3S. The van der Waals surface area contributed by atoms with Crippen molar-refractivity contribution in [1.29, 1.82) is 0 Å². The Hall–Kier alpha value is -2.18. The summed E-state index contributed by atoms with van der Waals surface area (Å²) in [6.45, 7) is 2.73. The lowest BCUT2D eigenvalue weighted by Crippen LogP contribution is -2.22. The van der Waals surface area contributed by atoms with Gasteiger partial charge in [-0.3, -0.25) is 9.36 Å². The maximum absolute atomic E-state index is 12.8. The van der Waals surface area contributed by atoms with Crippen molar-refractivity contribution in [2.24, 2.45) is 0 Å². The molecule has 3 aromatic rings. The molecule has 0 aliphatic rings. The smallest absolute Gasteiger partial charge is 0.339 e. The Labute approximate surface area is 153 Å². The van der Waals surface area contributed by atoms with E-state index in [0.717, 1.165) is 18.4 Å². The Morgan fingerprint density at radius 1 is 1.32 bits per heavy atom. The standard InChI is InChI=1S/C18H17ClN2O3S/c1-2-3-8-24-18(23)14-10-25-16-15(14)17(22)21(11-20-16)9-12-4-6-13(19)7-5-12/h4-7,10-11H,2-3,8-9H2,1H3. The van der Waals surface area contributed by atoms with Crippen LogP contribution in [0.4, 0.5) is 0 Å². The summed E-state index contributed by atoms with van der Waals surface area (Å²) in [6.07, 6.45) is 3.24. The highest BCUT2D eigenvalue weighted by Gasteiger charge is 2.18. The number of hydrogen-bond donors (Lipinski definition) is 0. The van der Waals surface area contributed by atoms with Crippen LogP contribution in [-0.2, 0) is 11.3 Å². The van der Waals surface area contributed by atoms with Crippen molar-refractivity contribution in [2.45, 2.75) is 26.3 Å². The normalized spacial score (nSPS) is 11.0. The molecule has 7 heteroatoms. The van der Waals surface area contributed by atoms with Crippen molar-refractivity contribution >= 4 is 39.1 Å². The average molecular weight is 377 g/mol. The molecule has 0 bridgehead atoms. The van der Waals surface area contributed by atoms with Gasteiger partial charge in [-0.15, -0.1) is 11.3 Å². The Kier molecular flexibility index (Phi) is 5.50. The van der Waals surface area contributed by atoms with Gasteiger partial charge in [-0.2, -0.15) is 0 Å². The van der Waals surface area contributed by atoms with Gasteiger partial charge in [0.05, 0.1) is 30.4 Å². The summed E-state index contributed by atoms with van der Waals surface area (Å²) in [5.41, 5.74) is 0.970. The van der Waals surface area contributed by atoms with Gasteiger partial charge in [0.1, 0.15) is 4.83 Å². The van der Waals surface area contributed by atoms with E-state index in [4.69, 9.17) is 16.3 Å². The van der Waals surface area contributed by atoms with E-state index in [1.165, 1.54) is 22.2 Å². The molecule has 0 aliphatic heterocycles. The van der Waals surface area contributed by atoms with Crippen molar-refractivity contribution in [3.63, 3.8) is 0 Å². The third-order valence-electron chi connectivity index (χ3n) is 3.78. The minimum Gasteiger partial charge on any atom is -0.462 e. The maximum atomic E-state index is 12.8. The molecule has 25 heavy (non-hydrogen) atoms. The molecule has 0 radical (unpaired) electrons. The first-order valence-electron chi connectivity index (χ1n) is 7.98. The van der Waals surface area contributed by atoms with Gasteiger partial charge in [0.25, 0.3) is 5.56 Å². The topological polar surface area (TPSA) is 61.2 Å². The van der Waals surface area contributed by atoms with Crippen molar-refractivity contribution in [1.82, 2.24) is 9.55 Å². The molecule has 130 valence electrons. The summed E-state index contributed by atoms with van der Waals surface area (Å²) in [5.74, 6) is -0.470. The van der Waals surface area contributed by atoms with E-state index in [1.807, 2.05) is 19.1 Å². The molecule has 3 rings (SSSR count). The lowest BCUT2D eigenvalue weighted by molar-refractivity contribution is 0.0502. The van der Waals surface area contributed by atoms with E-state index < -0.39 is 5.97 Å². The fraction of sp³-hybridized carbons (Fsp3) is 0.278. The number of unbranched alkanes of at least 4 members (excludes halogenated alkanes) is 1. The third-order valence-corrected chi connectivity index (χ3v) is 4.92. The molecule has 0 saturated heterocycles. The van der Waals surface area contributed by atoms with Crippen LogP contribution in [-0.4, -0.2) is 22.1 Å². The minimum absolute atomic E-state index is 0.247. The van der Waals surface area contributed by atoms with Crippen LogP contribution in [0.25, 0.3) is 10.2 Å². The molecule has 0 spiro atoms. The van der Waals surface area contributed by atoms with Crippen molar-refractivity contribution in [2.75, 3.05) is 6.61 Å². The molecule has 0 fully saturated rings. The van der Waals surface area contributed by atoms with Crippen LogP contribution in [0, 0.1) is 0 Å². The summed E-state index contributed by atoms with van der Waals surface area (Å²) in [4.78, 5) is 29.9. The molecular weight excluding hydrogens is 360 g/mol. The van der Waals surface area contributed by atoms with Crippen LogP contribution in [0.1, 0.15) is 35.7 Å². The van der Waals surface area contributed by atoms with Crippen molar-refractivity contribution in [3.05, 3.63) is 62.5 Å². The molecule has 0 amide bonds. The highest BCUT2D eigenvalue weighted by atomic mass is 35.5. The quantitative estimate of drug-likeness (QED) is 0.479. The highest BCUT2D eigenvalue weighted by Crippen LogP contribution is 2.22. The zero-order valence-corrected chi connectivity index (χ0v) is 15.3. The van der Waals surface area contributed by atoms with E-state index in [1.54, 1.807) is 17.5 Å². The first kappa shape index (κ1) is 17.6. The Morgan fingerprint density at radius 2 is 2.08 bits per heavy atom. The van der Waals surface area contributed by atoms with Crippen LogP contribution < -0.4 is 5.56 Å². The fourth-order valence-corrected chi connectivity index (χ4v) is 3.40. The van der Waals surface area contributed by atoms with E-state index in [-0.39, 0.29) is 5.56 Å². The summed E-state index contributed by atoms with van der Waals surface area (Å²) in [6, 6.07) is 7.25. The molecule has 1 aromatic carbocycles. The number of benzene rings is 1. The molecule has 0 aliphatic carbocycles. The van der Waals surface area contributed by atoms with Crippen LogP contribution in [0.15, 0.2) is 40.8 Å². The molecule has 5 nitrogen and oxygen atoms in total. The average Bonchev–Trinajstić information content (AvgIpc) is 3.04. The van der Waals surface area contributed by atoms with Gasteiger partial charge < -0.3 is 4.74 Å². The maximum Gasteiger partial charge on any atom is 0.339 e. The van der Waals surface area contributed by atoms with Gasteiger partial charge >= 0.3 is 5.97 Å². The van der Waals surface area contributed by atoms with Gasteiger partial charge in [-0.25, -0.2) is 9.78 Å². The highest BCUT2D eigenvalue weighted by molar-refractivity contribution is 7.17. The number of carbonyl (C=O) groups excluding carboxylic acids is 1. The Bertz CT molecular complexity index is 947. The van der Waals surface area contributed by atoms with Gasteiger partial charge in [-0.05, 0) is 24.1 Å². The second kappa shape index (κ2) is 7.80. The zero-order valence-electron chi connectivity index (χ0n) is 13.7. The fourth-order valence-electron chi connectivity index (χ4n) is 2.40. The molecule has 0 atom stereocenters. The summed E-state index contributed by atoms with van der Waals surface area (Å²) < 4.78 is 6.73. The predicted octanol–water partition coefficient (Wildman–Crippen LogP) is 4.12. The van der Waals surface area contributed by atoms with Crippen LogP contribution in [0.2, 0.25) is 5.02 Å².